The van der Waals surface area contributed by atoms with Crippen molar-refractivity contribution in [3.8, 4) is 0 Å². The number of aliphatic carboxylic acids is 1. The van der Waals surface area contributed by atoms with Gasteiger partial charge in [0, 0.05) is 6.42 Å². The normalized spacial score (nSPS) is 19.6. The number of nitrogens with one attached hydrogen (secondary N) is 2. The second-order valence-electron chi connectivity index (χ2n) is 6.81. The Morgan fingerprint density at radius 2 is 1.59 bits per heavy atom. The molecule has 158 valence electrons. The van der Waals surface area contributed by atoms with Crippen molar-refractivity contribution in [2.75, 3.05) is 6.54 Å². The standard InChI is InChI=1S/C19H26N4O6/c20-9-5-4-8-12(19(27)28)22-17(25)14-15(29-14)18(26)23-13(16(21)24)10-11-6-2-1-3-7-11/h1-3,6-7,12-15H,4-5,8-10,20H2,(H2,21,24)(H,22,25)(H,23,26)(H,27,28)/t12-,13-,14?,15?/m0/s1. The van der Waals surface area contributed by atoms with Gasteiger partial charge in [0.2, 0.25) is 5.91 Å². The monoisotopic (exact) mass is 406 g/mol. The number of epoxide rings is 1. The number of nitrogens with two attached hydrogens (primary N) is 2. The summed E-state index contributed by atoms with van der Waals surface area (Å²) in [6, 6.07) is 6.96. The van der Waals surface area contributed by atoms with Crippen LogP contribution in [0.15, 0.2) is 30.3 Å². The van der Waals surface area contributed by atoms with E-state index in [0.29, 0.717) is 19.4 Å². The molecule has 3 amide bonds. The van der Waals surface area contributed by atoms with E-state index in [1.165, 1.54) is 0 Å². The van der Waals surface area contributed by atoms with Crippen LogP contribution in [0, 0.1) is 0 Å². The maximum atomic E-state index is 12.3. The Kier molecular flexibility index (Phi) is 8.10. The van der Waals surface area contributed by atoms with E-state index < -0.39 is 48.0 Å². The minimum atomic E-state index is -1.17. The Balaban J connectivity index is 1.86. The highest BCUT2D eigenvalue weighted by atomic mass is 16.6. The highest BCUT2D eigenvalue weighted by Crippen LogP contribution is 2.23. The Labute approximate surface area is 168 Å². The van der Waals surface area contributed by atoms with Crippen LogP contribution in [-0.2, 0) is 30.3 Å². The molecule has 1 aromatic rings. The zero-order chi connectivity index (χ0) is 21.4. The predicted octanol–water partition coefficient (Wildman–Crippen LogP) is -1.33. The molecule has 10 heteroatoms. The predicted molar refractivity (Wildman–Crippen MR) is 102 cm³/mol. The van der Waals surface area contributed by atoms with E-state index in [1.807, 2.05) is 6.07 Å². The first-order valence-electron chi connectivity index (χ1n) is 9.35. The lowest BCUT2D eigenvalue weighted by Crippen LogP contribution is -2.48. The van der Waals surface area contributed by atoms with Gasteiger partial charge in [0.1, 0.15) is 12.1 Å². The summed E-state index contributed by atoms with van der Waals surface area (Å²) in [4.78, 5) is 47.4. The molecule has 2 rings (SSSR count). The molecular formula is C19H26N4O6. The van der Waals surface area contributed by atoms with Gasteiger partial charge in [-0.1, -0.05) is 30.3 Å². The number of amides is 3. The third-order valence-corrected chi connectivity index (χ3v) is 4.51. The molecule has 1 saturated heterocycles. The molecule has 4 atom stereocenters. The van der Waals surface area contributed by atoms with Gasteiger partial charge in [-0.2, -0.15) is 0 Å². The Morgan fingerprint density at radius 1 is 1.00 bits per heavy atom. The molecule has 0 spiro atoms. The number of carboxylic acids is 1. The molecule has 1 aromatic carbocycles. The van der Waals surface area contributed by atoms with Gasteiger partial charge >= 0.3 is 5.97 Å². The summed E-state index contributed by atoms with van der Waals surface area (Å²) < 4.78 is 5.09. The molecule has 0 aromatic heterocycles. The number of carbonyl (C=O) groups is 4. The fraction of sp³-hybridized carbons (Fsp3) is 0.474. The van der Waals surface area contributed by atoms with Gasteiger partial charge in [-0.3, -0.25) is 14.4 Å². The van der Waals surface area contributed by atoms with Crippen LogP contribution < -0.4 is 22.1 Å². The molecule has 0 bridgehead atoms. The average Bonchev–Trinajstić information content (AvgIpc) is 3.48. The molecule has 1 aliphatic rings. The van der Waals surface area contributed by atoms with Gasteiger partial charge in [0.25, 0.3) is 11.8 Å². The van der Waals surface area contributed by atoms with Crippen LogP contribution >= 0.6 is 0 Å². The lowest BCUT2D eigenvalue weighted by atomic mass is 10.1. The van der Waals surface area contributed by atoms with E-state index >= 15 is 0 Å². The first kappa shape index (κ1) is 22.3. The third kappa shape index (κ3) is 6.84. The van der Waals surface area contributed by atoms with Crippen LogP contribution in [-0.4, -0.2) is 59.6 Å². The number of carbonyl (C=O) groups excluding carboxylic acids is 3. The number of hydrogen-bond donors (Lipinski definition) is 5. The van der Waals surface area contributed by atoms with Crippen LogP contribution in [0.2, 0.25) is 0 Å². The van der Waals surface area contributed by atoms with Crippen molar-refractivity contribution in [1.82, 2.24) is 10.6 Å². The molecular weight excluding hydrogens is 380 g/mol. The van der Waals surface area contributed by atoms with E-state index in [4.69, 9.17) is 16.2 Å². The quantitative estimate of drug-likeness (QED) is 0.211. The summed E-state index contributed by atoms with van der Waals surface area (Å²) >= 11 is 0. The van der Waals surface area contributed by atoms with Crippen LogP contribution in [0.1, 0.15) is 24.8 Å². The zero-order valence-corrected chi connectivity index (χ0v) is 15.9. The van der Waals surface area contributed by atoms with Gasteiger partial charge in [-0.15, -0.1) is 0 Å². The molecule has 1 heterocycles. The number of carboxylic acid groups (broad SMARTS) is 1. The number of rotatable bonds is 12. The maximum absolute atomic E-state index is 12.3. The topological polar surface area (TPSA) is 177 Å². The van der Waals surface area contributed by atoms with Crippen LogP contribution in [0.5, 0.6) is 0 Å². The van der Waals surface area contributed by atoms with E-state index in [0.717, 1.165) is 5.56 Å². The largest absolute Gasteiger partial charge is 0.480 e. The highest BCUT2D eigenvalue weighted by Gasteiger charge is 2.51. The Hall–Kier alpha value is -2.98. The summed E-state index contributed by atoms with van der Waals surface area (Å²) in [5.74, 6) is -3.23. The number of hydrogen-bond acceptors (Lipinski definition) is 6. The number of primary amides is 1. The van der Waals surface area contributed by atoms with Crippen molar-refractivity contribution < 1.29 is 29.0 Å². The van der Waals surface area contributed by atoms with E-state index in [2.05, 4.69) is 10.6 Å². The summed E-state index contributed by atoms with van der Waals surface area (Å²) in [6.07, 6.45) is -0.581. The smallest absolute Gasteiger partial charge is 0.326 e. The van der Waals surface area contributed by atoms with E-state index in [1.54, 1.807) is 24.3 Å². The van der Waals surface area contributed by atoms with E-state index in [-0.39, 0.29) is 12.8 Å². The molecule has 0 saturated carbocycles. The molecule has 2 unspecified atom stereocenters. The fourth-order valence-corrected chi connectivity index (χ4v) is 2.84. The van der Waals surface area contributed by atoms with Crippen molar-refractivity contribution in [2.24, 2.45) is 11.5 Å². The van der Waals surface area contributed by atoms with Gasteiger partial charge < -0.3 is 31.9 Å². The summed E-state index contributed by atoms with van der Waals surface area (Å²) in [7, 11) is 0. The summed E-state index contributed by atoms with van der Waals surface area (Å²) in [6.45, 7) is 0.429. The third-order valence-electron chi connectivity index (χ3n) is 4.51. The Bertz CT molecular complexity index is 741. The van der Waals surface area contributed by atoms with Crippen LogP contribution in [0.4, 0.5) is 0 Å². The summed E-state index contributed by atoms with van der Waals surface area (Å²) in [5.41, 5.74) is 11.5. The number of unbranched alkanes of at least 4 members (excludes halogenated alkanes) is 1. The molecule has 29 heavy (non-hydrogen) atoms. The van der Waals surface area contributed by atoms with Gasteiger partial charge in [-0.05, 0) is 31.4 Å². The molecule has 0 radical (unpaired) electrons. The number of ether oxygens (including phenoxy) is 1. The molecule has 7 N–H and O–H groups in total. The van der Waals surface area contributed by atoms with Crippen molar-refractivity contribution in [2.45, 2.75) is 50.0 Å². The fourth-order valence-electron chi connectivity index (χ4n) is 2.84. The molecule has 0 aliphatic carbocycles. The van der Waals surface area contributed by atoms with Crippen LogP contribution in [0.25, 0.3) is 0 Å². The van der Waals surface area contributed by atoms with Crippen LogP contribution in [0.3, 0.4) is 0 Å². The lowest BCUT2D eigenvalue weighted by molar-refractivity contribution is -0.142. The SMILES string of the molecule is NCCCC[C@H](NC(=O)C1OC1C(=O)N[C@@H](Cc1ccccc1)C(N)=O)C(=O)O. The van der Waals surface area contributed by atoms with Gasteiger partial charge in [-0.25, -0.2) is 4.79 Å². The zero-order valence-electron chi connectivity index (χ0n) is 15.9. The van der Waals surface area contributed by atoms with Gasteiger partial charge in [0.15, 0.2) is 12.2 Å². The first-order valence-corrected chi connectivity index (χ1v) is 9.35. The molecule has 1 aliphatic heterocycles. The van der Waals surface area contributed by atoms with Crippen molar-refractivity contribution in [3.63, 3.8) is 0 Å². The van der Waals surface area contributed by atoms with Crippen molar-refractivity contribution in [1.29, 1.82) is 0 Å². The first-order chi connectivity index (χ1) is 13.8. The number of benzene rings is 1. The maximum Gasteiger partial charge on any atom is 0.326 e. The van der Waals surface area contributed by atoms with Crippen molar-refractivity contribution >= 4 is 23.7 Å². The van der Waals surface area contributed by atoms with Gasteiger partial charge in [0.05, 0.1) is 0 Å². The molecule has 10 nitrogen and oxygen atoms in total. The summed E-state index contributed by atoms with van der Waals surface area (Å²) in [5, 5.41) is 14.0. The second kappa shape index (κ2) is 10.5. The molecule has 1 fully saturated rings. The van der Waals surface area contributed by atoms with Crippen molar-refractivity contribution in [3.05, 3.63) is 35.9 Å². The highest BCUT2D eigenvalue weighted by molar-refractivity contribution is 5.98. The minimum Gasteiger partial charge on any atom is -0.480 e. The Morgan fingerprint density at radius 3 is 2.10 bits per heavy atom. The van der Waals surface area contributed by atoms with E-state index in [9.17, 15) is 24.3 Å². The lowest BCUT2D eigenvalue weighted by Gasteiger charge is -2.15. The second-order valence-corrected chi connectivity index (χ2v) is 6.81. The minimum absolute atomic E-state index is 0.202. The average molecular weight is 406 g/mol.